The molecule has 1 aromatic rings. The molecule has 0 unspecified atom stereocenters. The minimum absolute atomic E-state index is 0.320. The summed E-state index contributed by atoms with van der Waals surface area (Å²) in [5.41, 5.74) is 0.698. The van der Waals surface area contributed by atoms with E-state index in [0.717, 1.165) is 0 Å². The SMILES string of the molecule is Fc1ccc(C=NOCl)cc1Br. The molecule has 12 heavy (non-hydrogen) atoms. The first-order chi connectivity index (χ1) is 5.74. The smallest absolute Gasteiger partial charge is 0.167 e. The minimum atomic E-state index is -0.320. The second-order valence-electron chi connectivity index (χ2n) is 1.98. The van der Waals surface area contributed by atoms with Gasteiger partial charge in [0.25, 0.3) is 0 Å². The van der Waals surface area contributed by atoms with Crippen LogP contribution in [0.1, 0.15) is 5.56 Å². The molecule has 0 radical (unpaired) electrons. The zero-order chi connectivity index (χ0) is 8.97. The second kappa shape index (κ2) is 4.42. The maximum absolute atomic E-state index is 12.7. The molecule has 0 bridgehead atoms. The van der Waals surface area contributed by atoms with Crippen LogP contribution in [0.15, 0.2) is 27.8 Å². The van der Waals surface area contributed by atoms with Gasteiger partial charge in [0.15, 0.2) is 11.9 Å². The molecule has 0 aliphatic carbocycles. The van der Waals surface area contributed by atoms with Gasteiger partial charge in [-0.15, -0.1) is 0 Å². The van der Waals surface area contributed by atoms with Gasteiger partial charge in [-0.3, -0.25) is 4.39 Å². The highest BCUT2D eigenvalue weighted by atomic mass is 79.9. The molecule has 0 fully saturated rings. The molecule has 0 aliphatic heterocycles. The molecule has 64 valence electrons. The Bertz CT molecular complexity index is 305. The lowest BCUT2D eigenvalue weighted by molar-refractivity contribution is 0.383. The number of benzene rings is 1. The Morgan fingerprint density at radius 3 is 2.92 bits per heavy atom. The third-order valence-corrected chi connectivity index (χ3v) is 1.87. The molecule has 0 atom stereocenters. The average molecular weight is 252 g/mol. The maximum Gasteiger partial charge on any atom is 0.167 e. The van der Waals surface area contributed by atoms with Gasteiger partial charge in [0.2, 0.25) is 0 Å². The lowest BCUT2D eigenvalue weighted by atomic mass is 10.2. The first-order valence-corrected chi connectivity index (χ1v) is 4.10. The fraction of sp³-hybridized carbons (Fsp3) is 0. The van der Waals surface area contributed by atoms with E-state index >= 15 is 0 Å². The normalized spacial score (nSPS) is 10.6. The van der Waals surface area contributed by atoms with Gasteiger partial charge in [-0.25, -0.2) is 4.39 Å². The van der Waals surface area contributed by atoms with Crippen LogP contribution in [-0.2, 0) is 4.39 Å². The molecule has 0 spiro atoms. The minimum Gasteiger partial charge on any atom is -0.277 e. The summed E-state index contributed by atoms with van der Waals surface area (Å²) in [5, 5.41) is 3.31. The summed E-state index contributed by atoms with van der Waals surface area (Å²) < 4.78 is 17.0. The van der Waals surface area contributed by atoms with Crippen molar-refractivity contribution in [1.82, 2.24) is 0 Å². The summed E-state index contributed by atoms with van der Waals surface area (Å²) in [6.07, 6.45) is 1.37. The van der Waals surface area contributed by atoms with E-state index in [4.69, 9.17) is 11.9 Å². The number of oxime groups is 1. The zero-order valence-electron chi connectivity index (χ0n) is 5.80. The molecule has 0 amide bonds. The second-order valence-corrected chi connectivity index (χ2v) is 2.97. The number of nitrogens with zero attached hydrogens (tertiary/aromatic N) is 1. The van der Waals surface area contributed by atoms with E-state index in [1.165, 1.54) is 12.3 Å². The van der Waals surface area contributed by atoms with E-state index in [1.54, 1.807) is 12.1 Å². The van der Waals surface area contributed by atoms with Gasteiger partial charge in [-0.1, -0.05) is 11.2 Å². The monoisotopic (exact) mass is 251 g/mol. The van der Waals surface area contributed by atoms with Crippen LogP contribution in [0.2, 0.25) is 0 Å². The summed E-state index contributed by atoms with van der Waals surface area (Å²) in [6.45, 7) is 0. The van der Waals surface area contributed by atoms with Crippen molar-refractivity contribution in [3.8, 4) is 0 Å². The standard InChI is InChI=1S/C7H4BrClFNO/c8-6-3-5(4-11-12-9)1-2-7(6)10/h1-4H. The van der Waals surface area contributed by atoms with Gasteiger partial charge in [0.05, 0.1) is 10.7 Å². The average Bonchev–Trinajstić information content (AvgIpc) is 2.07. The number of halogens is 3. The molecule has 0 aromatic heterocycles. The van der Waals surface area contributed by atoms with Gasteiger partial charge in [-0.05, 0) is 33.6 Å². The van der Waals surface area contributed by atoms with Crippen LogP contribution < -0.4 is 0 Å². The van der Waals surface area contributed by atoms with Gasteiger partial charge in [0.1, 0.15) is 5.82 Å². The van der Waals surface area contributed by atoms with Crippen molar-refractivity contribution in [3.05, 3.63) is 34.1 Å². The number of hydrogen-bond acceptors (Lipinski definition) is 2. The molecule has 2 nitrogen and oxygen atoms in total. The molecule has 0 saturated heterocycles. The van der Waals surface area contributed by atoms with Crippen molar-refractivity contribution in [1.29, 1.82) is 0 Å². The summed E-state index contributed by atoms with van der Waals surface area (Å²) in [6, 6.07) is 4.44. The van der Waals surface area contributed by atoms with E-state index in [0.29, 0.717) is 10.0 Å². The van der Waals surface area contributed by atoms with Crippen LogP contribution in [0.3, 0.4) is 0 Å². The number of rotatable bonds is 2. The molecule has 5 heteroatoms. The lowest BCUT2D eigenvalue weighted by Crippen LogP contribution is -1.83. The summed E-state index contributed by atoms with van der Waals surface area (Å²) in [5.74, 6) is -0.320. The molecular weight excluding hydrogens is 248 g/mol. The Kier molecular flexibility index (Phi) is 3.49. The van der Waals surface area contributed by atoms with Crippen molar-refractivity contribution in [3.63, 3.8) is 0 Å². The van der Waals surface area contributed by atoms with Crippen LogP contribution in [0.5, 0.6) is 0 Å². The van der Waals surface area contributed by atoms with Gasteiger partial charge in [-0.2, -0.15) is 0 Å². The Morgan fingerprint density at radius 1 is 1.58 bits per heavy atom. The van der Waals surface area contributed by atoms with Crippen molar-refractivity contribution >= 4 is 34.0 Å². The van der Waals surface area contributed by atoms with E-state index in [2.05, 4.69) is 25.5 Å². The number of hydrogen-bond donors (Lipinski definition) is 0. The quantitative estimate of drug-likeness (QED) is 0.585. The molecule has 0 N–H and O–H groups in total. The Hall–Kier alpha value is -0.610. The van der Waals surface area contributed by atoms with E-state index < -0.39 is 0 Å². The fourth-order valence-electron chi connectivity index (χ4n) is 0.673. The van der Waals surface area contributed by atoms with Crippen LogP contribution in [0.4, 0.5) is 4.39 Å². The van der Waals surface area contributed by atoms with Gasteiger partial charge < -0.3 is 0 Å². The molecule has 0 saturated carbocycles. The molecule has 1 rings (SSSR count). The van der Waals surface area contributed by atoms with E-state index in [1.807, 2.05) is 0 Å². The van der Waals surface area contributed by atoms with Crippen LogP contribution in [0, 0.1) is 5.82 Å². The Labute approximate surface area is 82.3 Å². The predicted octanol–water partition coefficient (Wildman–Crippen LogP) is 3.09. The molecule has 0 heterocycles. The summed E-state index contributed by atoms with van der Waals surface area (Å²) in [4.78, 5) is 0. The van der Waals surface area contributed by atoms with Crippen molar-refractivity contribution < 1.29 is 8.78 Å². The highest BCUT2D eigenvalue weighted by molar-refractivity contribution is 9.10. The fourth-order valence-corrected chi connectivity index (χ4v) is 1.11. The van der Waals surface area contributed by atoms with Crippen molar-refractivity contribution in [2.24, 2.45) is 5.16 Å². The maximum atomic E-state index is 12.7. The molecular formula is C7H4BrClFNO. The predicted molar refractivity (Wildman–Crippen MR) is 48.6 cm³/mol. The van der Waals surface area contributed by atoms with Crippen molar-refractivity contribution in [2.75, 3.05) is 0 Å². The van der Waals surface area contributed by atoms with Crippen LogP contribution in [-0.4, -0.2) is 6.21 Å². The highest BCUT2D eigenvalue weighted by Gasteiger charge is 1.97. The van der Waals surface area contributed by atoms with Crippen LogP contribution in [0.25, 0.3) is 0 Å². The first-order valence-electron chi connectivity index (χ1n) is 3.00. The van der Waals surface area contributed by atoms with Gasteiger partial charge >= 0.3 is 0 Å². The van der Waals surface area contributed by atoms with Gasteiger partial charge in [0, 0.05) is 0 Å². The lowest BCUT2D eigenvalue weighted by Gasteiger charge is -1.94. The Balaban J connectivity index is 2.89. The highest BCUT2D eigenvalue weighted by Crippen LogP contribution is 2.15. The van der Waals surface area contributed by atoms with Crippen molar-refractivity contribution in [2.45, 2.75) is 0 Å². The zero-order valence-corrected chi connectivity index (χ0v) is 8.14. The van der Waals surface area contributed by atoms with Crippen LogP contribution >= 0.6 is 27.8 Å². The topological polar surface area (TPSA) is 21.6 Å². The third-order valence-electron chi connectivity index (χ3n) is 1.19. The largest absolute Gasteiger partial charge is 0.277 e. The Morgan fingerprint density at radius 2 is 2.33 bits per heavy atom. The molecule has 1 aromatic carbocycles. The first kappa shape index (κ1) is 9.48. The van der Waals surface area contributed by atoms with E-state index in [9.17, 15) is 4.39 Å². The van der Waals surface area contributed by atoms with E-state index in [-0.39, 0.29) is 5.82 Å². The molecule has 0 aliphatic rings. The summed E-state index contributed by atoms with van der Waals surface area (Å²) >= 11 is 7.87. The summed E-state index contributed by atoms with van der Waals surface area (Å²) in [7, 11) is 0. The third kappa shape index (κ3) is 2.46.